The number of hydrogen-bond acceptors (Lipinski definition) is 5. The number of benzene rings is 1. The van der Waals surface area contributed by atoms with Gasteiger partial charge in [-0.15, -0.1) is 0 Å². The molecule has 3 heterocycles. The number of aromatic nitrogens is 1. The number of nitriles is 1. The molecule has 2 atom stereocenters. The third-order valence-electron chi connectivity index (χ3n) is 5.83. The van der Waals surface area contributed by atoms with Crippen LogP contribution in [0.5, 0.6) is 0 Å². The van der Waals surface area contributed by atoms with E-state index in [-0.39, 0.29) is 17.9 Å². The number of fused-ring (bicyclic) bond motifs is 1. The van der Waals surface area contributed by atoms with Gasteiger partial charge in [-0.25, -0.2) is 4.79 Å². The minimum absolute atomic E-state index is 0.133. The van der Waals surface area contributed by atoms with Gasteiger partial charge in [0.1, 0.15) is 0 Å². The van der Waals surface area contributed by atoms with Crippen LogP contribution in [0.15, 0.2) is 42.7 Å². The molecule has 2 aliphatic rings. The SMILES string of the molecule is COC(=O)[C@@H]1CN(C(=O)N2CCCc3c(C#N)cccc32)C[C@H]1c1ccncc1. The van der Waals surface area contributed by atoms with Gasteiger partial charge in [-0.1, -0.05) is 6.07 Å². The number of carbonyl (C=O) groups is 2. The second-order valence-electron chi connectivity index (χ2n) is 7.37. The van der Waals surface area contributed by atoms with E-state index in [2.05, 4.69) is 11.1 Å². The molecule has 7 heteroatoms. The normalized spacial score (nSPS) is 20.7. The first-order valence-corrected chi connectivity index (χ1v) is 9.70. The summed E-state index contributed by atoms with van der Waals surface area (Å²) in [5, 5.41) is 9.39. The van der Waals surface area contributed by atoms with Gasteiger partial charge in [0.05, 0.1) is 24.7 Å². The average Bonchev–Trinajstić information content (AvgIpc) is 3.23. The summed E-state index contributed by atoms with van der Waals surface area (Å²) in [5.41, 5.74) is 3.30. The molecular formula is C22H22N4O3. The van der Waals surface area contributed by atoms with Crippen LogP contribution in [-0.2, 0) is 16.0 Å². The minimum Gasteiger partial charge on any atom is -0.469 e. The predicted molar refractivity (Wildman–Crippen MR) is 106 cm³/mol. The largest absolute Gasteiger partial charge is 0.469 e. The molecule has 0 spiro atoms. The van der Waals surface area contributed by atoms with Crippen LogP contribution >= 0.6 is 0 Å². The number of esters is 1. The molecule has 4 rings (SSSR count). The fourth-order valence-corrected chi connectivity index (χ4v) is 4.40. The molecule has 1 saturated heterocycles. The number of likely N-dealkylation sites (tertiary alicyclic amines) is 1. The molecule has 0 N–H and O–H groups in total. The van der Waals surface area contributed by atoms with E-state index in [0.717, 1.165) is 29.7 Å². The molecule has 2 aliphatic heterocycles. The van der Waals surface area contributed by atoms with Crippen molar-refractivity contribution in [3.8, 4) is 6.07 Å². The number of methoxy groups -OCH3 is 1. The Bertz CT molecular complexity index is 970. The summed E-state index contributed by atoms with van der Waals surface area (Å²) < 4.78 is 5.00. The van der Waals surface area contributed by atoms with Gasteiger partial charge in [0.15, 0.2) is 0 Å². The van der Waals surface area contributed by atoms with Crippen molar-refractivity contribution in [1.82, 2.24) is 9.88 Å². The minimum atomic E-state index is -0.416. The summed E-state index contributed by atoms with van der Waals surface area (Å²) in [6.07, 6.45) is 4.98. The Morgan fingerprint density at radius 3 is 2.72 bits per heavy atom. The first-order chi connectivity index (χ1) is 14.1. The van der Waals surface area contributed by atoms with Crippen LogP contribution in [0.1, 0.15) is 29.0 Å². The molecule has 0 bridgehead atoms. The molecule has 1 fully saturated rings. The maximum absolute atomic E-state index is 13.4. The number of carbonyl (C=O) groups excluding carboxylic acids is 2. The summed E-state index contributed by atoms with van der Waals surface area (Å²) in [6.45, 7) is 1.34. The molecule has 2 amide bonds. The summed E-state index contributed by atoms with van der Waals surface area (Å²) in [4.78, 5) is 33.3. The lowest BCUT2D eigenvalue weighted by atomic mass is 9.90. The van der Waals surface area contributed by atoms with Gasteiger partial charge in [-0.2, -0.15) is 5.26 Å². The monoisotopic (exact) mass is 390 g/mol. The summed E-state index contributed by atoms with van der Waals surface area (Å²) >= 11 is 0. The molecule has 29 heavy (non-hydrogen) atoms. The fraction of sp³-hybridized carbons (Fsp3) is 0.364. The van der Waals surface area contributed by atoms with Crippen molar-refractivity contribution in [2.45, 2.75) is 18.8 Å². The highest BCUT2D eigenvalue weighted by Crippen LogP contribution is 2.36. The number of hydrogen-bond donors (Lipinski definition) is 0. The van der Waals surface area contributed by atoms with Crippen LogP contribution in [0, 0.1) is 17.2 Å². The van der Waals surface area contributed by atoms with Gasteiger partial charge >= 0.3 is 12.0 Å². The highest BCUT2D eigenvalue weighted by Gasteiger charge is 2.42. The van der Waals surface area contributed by atoms with Crippen LogP contribution in [0.3, 0.4) is 0 Å². The van der Waals surface area contributed by atoms with E-state index >= 15 is 0 Å². The van der Waals surface area contributed by atoms with Crippen molar-refractivity contribution in [2.24, 2.45) is 5.92 Å². The van der Waals surface area contributed by atoms with Crippen LogP contribution in [0.2, 0.25) is 0 Å². The van der Waals surface area contributed by atoms with Crippen molar-refractivity contribution in [1.29, 1.82) is 5.26 Å². The Kier molecular flexibility index (Phi) is 5.17. The third-order valence-corrected chi connectivity index (χ3v) is 5.83. The average molecular weight is 390 g/mol. The first-order valence-electron chi connectivity index (χ1n) is 9.70. The van der Waals surface area contributed by atoms with Crippen LogP contribution in [-0.4, -0.2) is 48.6 Å². The van der Waals surface area contributed by atoms with Gasteiger partial charge in [0, 0.05) is 43.6 Å². The molecule has 0 radical (unpaired) electrons. The van der Waals surface area contributed by atoms with Crippen molar-refractivity contribution in [2.75, 3.05) is 31.6 Å². The van der Waals surface area contributed by atoms with Gasteiger partial charge in [0.2, 0.25) is 0 Å². The molecule has 1 aromatic carbocycles. The van der Waals surface area contributed by atoms with E-state index in [9.17, 15) is 14.9 Å². The highest BCUT2D eigenvalue weighted by atomic mass is 16.5. The zero-order valence-electron chi connectivity index (χ0n) is 16.2. The number of anilines is 1. The number of nitrogens with zero attached hydrogens (tertiary/aromatic N) is 4. The lowest BCUT2D eigenvalue weighted by Crippen LogP contribution is -2.45. The number of rotatable bonds is 2. The summed E-state index contributed by atoms with van der Waals surface area (Å²) in [5.74, 6) is -0.863. The molecule has 7 nitrogen and oxygen atoms in total. The van der Waals surface area contributed by atoms with Crippen molar-refractivity contribution >= 4 is 17.7 Å². The number of amides is 2. The van der Waals surface area contributed by atoms with Crippen LogP contribution < -0.4 is 4.90 Å². The van der Waals surface area contributed by atoms with E-state index < -0.39 is 5.92 Å². The molecule has 0 aliphatic carbocycles. The number of pyridine rings is 1. The molecular weight excluding hydrogens is 368 g/mol. The topological polar surface area (TPSA) is 86.5 Å². The summed E-state index contributed by atoms with van der Waals surface area (Å²) in [7, 11) is 1.38. The Hall–Kier alpha value is -3.40. The van der Waals surface area contributed by atoms with E-state index in [1.165, 1.54) is 7.11 Å². The van der Waals surface area contributed by atoms with Crippen molar-refractivity contribution in [3.63, 3.8) is 0 Å². The number of urea groups is 1. The lowest BCUT2D eigenvalue weighted by molar-refractivity contribution is -0.145. The molecule has 0 unspecified atom stereocenters. The number of ether oxygens (including phenoxy) is 1. The van der Waals surface area contributed by atoms with E-state index in [0.29, 0.717) is 25.2 Å². The quantitative estimate of drug-likeness (QED) is 0.736. The van der Waals surface area contributed by atoms with E-state index in [1.807, 2.05) is 24.3 Å². The Labute approximate surface area is 169 Å². The van der Waals surface area contributed by atoms with Crippen LogP contribution in [0.4, 0.5) is 10.5 Å². The molecule has 148 valence electrons. The standard InChI is InChI=1S/C22H22N4O3/c1-29-21(27)19-14-25(13-18(19)15-7-9-24-10-8-15)22(28)26-11-3-5-17-16(12-23)4-2-6-20(17)26/h2,4,6-10,18-19H,3,5,11,13-14H2,1H3/t18-,19+/m0/s1. The third kappa shape index (κ3) is 3.42. The highest BCUT2D eigenvalue weighted by molar-refractivity contribution is 5.94. The zero-order valence-corrected chi connectivity index (χ0v) is 16.2. The van der Waals surface area contributed by atoms with Crippen LogP contribution in [0.25, 0.3) is 0 Å². The van der Waals surface area contributed by atoms with Gasteiger partial charge in [0.25, 0.3) is 0 Å². The Morgan fingerprint density at radius 1 is 1.21 bits per heavy atom. The zero-order chi connectivity index (χ0) is 20.4. The van der Waals surface area contributed by atoms with Crippen molar-refractivity contribution < 1.29 is 14.3 Å². The maximum Gasteiger partial charge on any atom is 0.324 e. The second kappa shape index (κ2) is 7.92. The molecule has 2 aromatic rings. The lowest BCUT2D eigenvalue weighted by Gasteiger charge is -2.33. The predicted octanol–water partition coefficient (Wildman–Crippen LogP) is 2.71. The molecule has 0 saturated carbocycles. The van der Waals surface area contributed by atoms with Crippen molar-refractivity contribution in [3.05, 3.63) is 59.4 Å². The smallest absolute Gasteiger partial charge is 0.324 e. The van der Waals surface area contributed by atoms with Gasteiger partial charge < -0.3 is 9.64 Å². The molecule has 1 aromatic heterocycles. The summed E-state index contributed by atoms with van der Waals surface area (Å²) in [6, 6.07) is 11.3. The fourth-order valence-electron chi connectivity index (χ4n) is 4.40. The Morgan fingerprint density at radius 2 is 2.00 bits per heavy atom. The van der Waals surface area contributed by atoms with Gasteiger partial charge in [-0.05, 0) is 48.2 Å². The Balaban J connectivity index is 1.62. The second-order valence-corrected chi connectivity index (χ2v) is 7.37. The maximum atomic E-state index is 13.4. The van der Waals surface area contributed by atoms with Gasteiger partial charge in [-0.3, -0.25) is 14.7 Å². The van der Waals surface area contributed by atoms with E-state index in [4.69, 9.17) is 4.74 Å². The van der Waals surface area contributed by atoms with E-state index in [1.54, 1.807) is 28.3 Å². The first kappa shape index (κ1) is 18.9.